The minimum Gasteiger partial charge on any atom is -0.345 e. The van der Waals surface area contributed by atoms with Gasteiger partial charge in [0.2, 0.25) is 5.78 Å². The number of hydrogen-bond donors (Lipinski definition) is 1. The summed E-state index contributed by atoms with van der Waals surface area (Å²) in [4.78, 5) is 22.0. The van der Waals surface area contributed by atoms with Crippen molar-refractivity contribution >= 4 is 11.7 Å². The standard InChI is InChI=1S/C11H21NO2/c1-8(13)9(14)12-11(5,6)7-10(2,3)4/h7H2,1-6H3,(H,12,14). The van der Waals surface area contributed by atoms with Crippen LogP contribution in [0.3, 0.4) is 0 Å². The van der Waals surface area contributed by atoms with Crippen LogP contribution < -0.4 is 5.32 Å². The molecule has 3 nitrogen and oxygen atoms in total. The highest BCUT2D eigenvalue weighted by atomic mass is 16.2. The third kappa shape index (κ3) is 5.73. The molecule has 14 heavy (non-hydrogen) atoms. The van der Waals surface area contributed by atoms with Gasteiger partial charge in [-0.05, 0) is 25.7 Å². The highest BCUT2D eigenvalue weighted by molar-refractivity contribution is 6.35. The number of carbonyl (C=O) groups is 2. The van der Waals surface area contributed by atoms with Crippen molar-refractivity contribution in [3.05, 3.63) is 0 Å². The molecule has 0 aliphatic rings. The molecule has 0 radical (unpaired) electrons. The van der Waals surface area contributed by atoms with E-state index < -0.39 is 11.7 Å². The van der Waals surface area contributed by atoms with E-state index in [-0.39, 0.29) is 11.0 Å². The Bertz CT molecular complexity index is 236. The summed E-state index contributed by atoms with van der Waals surface area (Å²) < 4.78 is 0. The minimum absolute atomic E-state index is 0.133. The van der Waals surface area contributed by atoms with Gasteiger partial charge in [-0.15, -0.1) is 0 Å². The summed E-state index contributed by atoms with van der Waals surface area (Å²) in [5, 5.41) is 2.72. The molecule has 1 amide bonds. The molecular weight excluding hydrogens is 178 g/mol. The number of nitrogens with one attached hydrogen (secondary N) is 1. The molecule has 0 bridgehead atoms. The maximum Gasteiger partial charge on any atom is 0.287 e. The second-order valence-corrected chi connectivity index (χ2v) is 5.63. The Kier molecular flexibility index (Phi) is 3.86. The van der Waals surface area contributed by atoms with E-state index in [0.717, 1.165) is 6.42 Å². The van der Waals surface area contributed by atoms with Crippen LogP contribution in [0.5, 0.6) is 0 Å². The third-order valence-corrected chi connectivity index (χ3v) is 1.74. The fourth-order valence-electron chi connectivity index (χ4n) is 1.77. The number of ketones is 1. The summed E-state index contributed by atoms with van der Waals surface area (Å²) in [6.07, 6.45) is 0.832. The van der Waals surface area contributed by atoms with Crippen LogP contribution in [0.25, 0.3) is 0 Å². The molecule has 0 heterocycles. The van der Waals surface area contributed by atoms with Gasteiger partial charge >= 0.3 is 0 Å². The second kappa shape index (κ2) is 4.11. The predicted molar refractivity (Wildman–Crippen MR) is 57.0 cm³/mol. The average molecular weight is 199 g/mol. The lowest BCUT2D eigenvalue weighted by Gasteiger charge is -2.32. The van der Waals surface area contributed by atoms with Crippen LogP contribution in [0.1, 0.15) is 48.0 Å². The van der Waals surface area contributed by atoms with Crippen molar-refractivity contribution in [1.29, 1.82) is 0 Å². The summed E-state index contributed by atoms with van der Waals surface area (Å²) in [5.74, 6) is -0.939. The van der Waals surface area contributed by atoms with E-state index in [1.165, 1.54) is 6.92 Å². The Balaban J connectivity index is 4.35. The van der Waals surface area contributed by atoms with Gasteiger partial charge < -0.3 is 5.32 Å². The summed E-state index contributed by atoms with van der Waals surface area (Å²) in [7, 11) is 0. The zero-order valence-electron chi connectivity index (χ0n) is 10.0. The molecule has 0 aliphatic heterocycles. The number of carbonyl (C=O) groups excluding carboxylic acids is 2. The van der Waals surface area contributed by atoms with Gasteiger partial charge in [0.15, 0.2) is 0 Å². The van der Waals surface area contributed by atoms with Crippen LogP contribution in [0.4, 0.5) is 0 Å². The maximum absolute atomic E-state index is 11.2. The van der Waals surface area contributed by atoms with E-state index >= 15 is 0 Å². The van der Waals surface area contributed by atoms with Crippen molar-refractivity contribution < 1.29 is 9.59 Å². The first-order valence-corrected chi connectivity index (χ1v) is 4.87. The molecule has 0 unspecified atom stereocenters. The third-order valence-electron chi connectivity index (χ3n) is 1.74. The lowest BCUT2D eigenvalue weighted by molar-refractivity contribution is -0.137. The molecular formula is C11H21NO2. The Labute approximate surface area is 86.3 Å². The summed E-state index contributed by atoms with van der Waals surface area (Å²) in [5.41, 5.74) is -0.200. The topological polar surface area (TPSA) is 46.2 Å². The largest absolute Gasteiger partial charge is 0.345 e. The number of hydrogen-bond acceptors (Lipinski definition) is 2. The van der Waals surface area contributed by atoms with Gasteiger partial charge in [-0.3, -0.25) is 9.59 Å². The van der Waals surface area contributed by atoms with Gasteiger partial charge in [-0.25, -0.2) is 0 Å². The summed E-state index contributed by atoms with van der Waals surface area (Å²) >= 11 is 0. The fraction of sp³-hybridized carbons (Fsp3) is 0.818. The van der Waals surface area contributed by atoms with Crippen LogP contribution in [-0.2, 0) is 9.59 Å². The molecule has 3 heteroatoms. The fourth-order valence-corrected chi connectivity index (χ4v) is 1.77. The molecule has 0 saturated heterocycles. The first-order chi connectivity index (χ1) is 6.03. The van der Waals surface area contributed by atoms with E-state index in [1.54, 1.807) is 0 Å². The number of rotatable bonds is 3. The predicted octanol–water partition coefficient (Wildman–Crippen LogP) is 1.91. The Morgan fingerprint density at radius 2 is 1.50 bits per heavy atom. The van der Waals surface area contributed by atoms with Gasteiger partial charge in [0.25, 0.3) is 5.91 Å². The van der Waals surface area contributed by atoms with E-state index in [9.17, 15) is 9.59 Å². The highest BCUT2D eigenvalue weighted by Gasteiger charge is 2.27. The van der Waals surface area contributed by atoms with E-state index in [1.807, 2.05) is 13.8 Å². The van der Waals surface area contributed by atoms with Crippen molar-refractivity contribution in [1.82, 2.24) is 5.32 Å². The molecule has 0 saturated carbocycles. The van der Waals surface area contributed by atoms with Crippen LogP contribution in [0, 0.1) is 5.41 Å². The van der Waals surface area contributed by atoms with Crippen molar-refractivity contribution in [2.24, 2.45) is 5.41 Å². The first kappa shape index (κ1) is 13.1. The van der Waals surface area contributed by atoms with Gasteiger partial charge in [0.05, 0.1) is 0 Å². The van der Waals surface area contributed by atoms with Gasteiger partial charge in [-0.2, -0.15) is 0 Å². The van der Waals surface area contributed by atoms with Crippen LogP contribution in [0.15, 0.2) is 0 Å². The molecule has 0 aromatic carbocycles. The molecule has 0 aromatic rings. The highest BCUT2D eigenvalue weighted by Crippen LogP contribution is 2.26. The van der Waals surface area contributed by atoms with Crippen LogP contribution >= 0.6 is 0 Å². The molecule has 0 rings (SSSR count). The minimum atomic E-state index is -0.501. The molecule has 82 valence electrons. The van der Waals surface area contributed by atoms with Crippen molar-refractivity contribution in [2.75, 3.05) is 0 Å². The van der Waals surface area contributed by atoms with Gasteiger partial charge in [0.1, 0.15) is 0 Å². The van der Waals surface area contributed by atoms with Crippen LogP contribution in [-0.4, -0.2) is 17.2 Å². The molecule has 0 aliphatic carbocycles. The summed E-state index contributed by atoms with van der Waals surface area (Å²) in [6, 6.07) is 0. The smallest absolute Gasteiger partial charge is 0.287 e. The molecule has 0 aromatic heterocycles. The summed E-state index contributed by atoms with van der Waals surface area (Å²) in [6.45, 7) is 11.5. The molecule has 0 atom stereocenters. The van der Waals surface area contributed by atoms with Crippen molar-refractivity contribution in [3.63, 3.8) is 0 Å². The van der Waals surface area contributed by atoms with Crippen LogP contribution in [0.2, 0.25) is 0 Å². The first-order valence-electron chi connectivity index (χ1n) is 4.87. The maximum atomic E-state index is 11.2. The van der Waals surface area contributed by atoms with Gasteiger partial charge in [-0.1, -0.05) is 20.8 Å². The Morgan fingerprint density at radius 3 is 1.79 bits per heavy atom. The average Bonchev–Trinajstić information content (AvgIpc) is 1.78. The Hall–Kier alpha value is -0.860. The normalized spacial score (nSPS) is 12.4. The Morgan fingerprint density at radius 1 is 1.07 bits per heavy atom. The quantitative estimate of drug-likeness (QED) is 0.706. The SMILES string of the molecule is CC(=O)C(=O)NC(C)(C)CC(C)(C)C. The van der Waals surface area contributed by atoms with Crippen molar-refractivity contribution in [2.45, 2.75) is 53.5 Å². The van der Waals surface area contributed by atoms with E-state index in [0.29, 0.717) is 0 Å². The van der Waals surface area contributed by atoms with E-state index in [2.05, 4.69) is 26.1 Å². The lowest BCUT2D eigenvalue weighted by atomic mass is 9.82. The number of amides is 1. The number of Topliss-reactive ketones (excluding diaryl/α,β-unsaturated/α-hetero) is 1. The zero-order chi connectivity index (χ0) is 11.6. The molecule has 0 fully saturated rings. The second-order valence-electron chi connectivity index (χ2n) is 5.63. The monoisotopic (exact) mass is 199 g/mol. The molecule has 1 N–H and O–H groups in total. The van der Waals surface area contributed by atoms with E-state index in [4.69, 9.17) is 0 Å². The van der Waals surface area contributed by atoms with Crippen molar-refractivity contribution in [3.8, 4) is 0 Å². The van der Waals surface area contributed by atoms with Gasteiger partial charge in [0, 0.05) is 12.5 Å². The lowest BCUT2D eigenvalue weighted by Crippen LogP contribution is -2.47. The molecule has 0 spiro atoms. The zero-order valence-corrected chi connectivity index (χ0v) is 10.0.